The number of carbonyl (C=O) groups is 1. The lowest BCUT2D eigenvalue weighted by Gasteiger charge is -2.09. The summed E-state index contributed by atoms with van der Waals surface area (Å²) in [5, 5.41) is 11.9. The van der Waals surface area contributed by atoms with Gasteiger partial charge in [0.05, 0.1) is 11.8 Å². The van der Waals surface area contributed by atoms with Crippen LogP contribution >= 0.6 is 0 Å². The highest BCUT2D eigenvalue weighted by Gasteiger charge is 2.08. The first-order chi connectivity index (χ1) is 9.36. The van der Waals surface area contributed by atoms with Gasteiger partial charge in [0, 0.05) is 11.1 Å². The molecule has 1 amide bonds. The predicted molar refractivity (Wildman–Crippen MR) is 71.6 cm³/mol. The van der Waals surface area contributed by atoms with Crippen molar-refractivity contribution in [1.82, 2.24) is 5.43 Å². The normalized spacial score (nSPS) is 11.1. The number of nitrogens with two attached hydrogens (primary N) is 1. The third-order valence-corrected chi connectivity index (χ3v) is 1.96. The molecular formula is C11H16N5O4+. The molecule has 0 heterocycles. The molecule has 1 aromatic carbocycles. The number of carbonyl (C=O) groups excluding carboxylic acids is 1. The van der Waals surface area contributed by atoms with Crippen molar-refractivity contribution in [2.45, 2.75) is 20.0 Å². The highest BCUT2D eigenvalue weighted by molar-refractivity contribution is 5.84. The molecule has 108 valence electrons. The fourth-order valence-corrected chi connectivity index (χ4v) is 1.28. The summed E-state index contributed by atoms with van der Waals surface area (Å²) in [5.41, 5.74) is 8.18. The summed E-state index contributed by atoms with van der Waals surface area (Å²) in [6.07, 6.45) is -0.764. The molecule has 0 radical (unpaired) electrons. The molecule has 0 spiro atoms. The van der Waals surface area contributed by atoms with E-state index in [1.165, 1.54) is 0 Å². The maximum absolute atomic E-state index is 11.3. The Labute approximate surface area is 114 Å². The molecule has 5 N–H and O–H groups in total. The molecule has 0 saturated carbocycles. The van der Waals surface area contributed by atoms with E-state index in [0.29, 0.717) is 11.4 Å². The lowest BCUT2D eigenvalue weighted by molar-refractivity contribution is -0.536. The SMILES string of the molecule is CC(C)OC(=O)Nc1ccc([NH+]=C(N)N[N+](=O)[O-])cc1. The Kier molecular flexibility index (Phi) is 5.27. The second-order valence-corrected chi connectivity index (χ2v) is 4.06. The molecule has 0 aliphatic rings. The average molecular weight is 282 g/mol. The molecule has 1 aromatic rings. The number of hydrogen-bond donors (Lipinski definition) is 4. The Hall–Kier alpha value is -2.84. The Bertz CT molecular complexity index is 512. The van der Waals surface area contributed by atoms with E-state index >= 15 is 0 Å². The third kappa shape index (κ3) is 5.67. The summed E-state index contributed by atoms with van der Waals surface area (Å²) in [6.45, 7) is 3.49. The van der Waals surface area contributed by atoms with Crippen LogP contribution in [0.1, 0.15) is 13.8 Å². The number of ether oxygens (including phenoxy) is 1. The number of guanidine groups is 1. The van der Waals surface area contributed by atoms with Gasteiger partial charge in [-0.2, -0.15) is 0 Å². The van der Waals surface area contributed by atoms with Crippen molar-refractivity contribution in [2.24, 2.45) is 5.73 Å². The Balaban J connectivity index is 2.65. The summed E-state index contributed by atoms with van der Waals surface area (Å²) >= 11 is 0. The fourth-order valence-electron chi connectivity index (χ4n) is 1.28. The molecule has 9 heteroatoms. The van der Waals surface area contributed by atoms with Gasteiger partial charge >= 0.3 is 12.1 Å². The molecule has 0 atom stereocenters. The van der Waals surface area contributed by atoms with Gasteiger partial charge in [-0.25, -0.2) is 19.9 Å². The van der Waals surface area contributed by atoms with E-state index in [4.69, 9.17) is 10.5 Å². The van der Waals surface area contributed by atoms with E-state index in [-0.39, 0.29) is 12.1 Å². The van der Waals surface area contributed by atoms with Gasteiger partial charge in [0.1, 0.15) is 0 Å². The number of nitrogens with zero attached hydrogens (tertiary/aromatic N) is 1. The number of rotatable bonds is 4. The van der Waals surface area contributed by atoms with Gasteiger partial charge in [0.15, 0.2) is 0 Å². The van der Waals surface area contributed by atoms with Crippen LogP contribution in [0.25, 0.3) is 0 Å². The van der Waals surface area contributed by atoms with Gasteiger partial charge in [-0.05, 0) is 38.1 Å². The molecule has 0 aliphatic heterocycles. The first-order valence-electron chi connectivity index (χ1n) is 5.75. The molecular weight excluding hydrogens is 266 g/mol. The number of anilines is 1. The Morgan fingerprint density at radius 1 is 1.40 bits per heavy atom. The minimum atomic E-state index is -0.778. The van der Waals surface area contributed by atoms with Gasteiger partial charge in [-0.15, -0.1) is 0 Å². The van der Waals surface area contributed by atoms with E-state index < -0.39 is 11.1 Å². The summed E-state index contributed by atoms with van der Waals surface area (Å²) < 4.78 is 4.92. The van der Waals surface area contributed by atoms with Crippen LogP contribution in [-0.2, 0) is 4.74 Å². The minimum absolute atomic E-state index is 0.210. The first-order valence-corrected chi connectivity index (χ1v) is 5.75. The van der Waals surface area contributed by atoms with Crippen LogP contribution in [0.5, 0.6) is 0 Å². The number of nitro groups is 1. The van der Waals surface area contributed by atoms with Gasteiger partial charge < -0.3 is 4.74 Å². The highest BCUT2D eigenvalue weighted by atomic mass is 16.7. The fraction of sp³-hybridized carbons (Fsp3) is 0.273. The standard InChI is InChI=1S/C11H15N5O4/c1-7(2)20-11(17)14-9-5-3-8(4-6-9)13-10(12)15-16(18)19/h3-7H,1-2H3,(H,14,17)(H3,12,13,15)/p+1. The van der Waals surface area contributed by atoms with Crippen LogP contribution < -0.4 is 21.5 Å². The lowest BCUT2D eigenvalue weighted by Crippen LogP contribution is -2.74. The second-order valence-electron chi connectivity index (χ2n) is 4.06. The largest absolute Gasteiger partial charge is 0.447 e. The van der Waals surface area contributed by atoms with Gasteiger partial charge in [-0.3, -0.25) is 11.1 Å². The number of benzene rings is 1. The molecule has 9 nitrogen and oxygen atoms in total. The highest BCUT2D eigenvalue weighted by Crippen LogP contribution is 2.10. The predicted octanol–water partition coefficient (Wildman–Crippen LogP) is -0.548. The van der Waals surface area contributed by atoms with Crippen molar-refractivity contribution in [2.75, 3.05) is 5.32 Å². The minimum Gasteiger partial charge on any atom is -0.447 e. The van der Waals surface area contributed by atoms with Crippen LogP contribution in [0, 0.1) is 10.1 Å². The van der Waals surface area contributed by atoms with Gasteiger partial charge in [0.2, 0.25) is 5.03 Å². The summed E-state index contributed by atoms with van der Waals surface area (Å²) in [4.78, 5) is 24.1. The van der Waals surface area contributed by atoms with Crippen molar-refractivity contribution in [3.63, 3.8) is 0 Å². The third-order valence-electron chi connectivity index (χ3n) is 1.96. The van der Waals surface area contributed by atoms with Crippen molar-refractivity contribution >= 4 is 23.4 Å². The molecule has 0 unspecified atom stereocenters. The molecule has 1 rings (SSSR count). The maximum atomic E-state index is 11.3. The Morgan fingerprint density at radius 3 is 2.50 bits per heavy atom. The van der Waals surface area contributed by atoms with Gasteiger partial charge in [0.25, 0.3) is 0 Å². The van der Waals surface area contributed by atoms with Crippen LogP contribution in [-0.4, -0.2) is 23.2 Å². The zero-order chi connectivity index (χ0) is 15.1. The van der Waals surface area contributed by atoms with E-state index in [1.807, 2.05) is 0 Å². The Morgan fingerprint density at radius 2 is 2.00 bits per heavy atom. The number of amides is 1. The molecule has 0 aliphatic carbocycles. The van der Waals surface area contributed by atoms with E-state index in [1.54, 1.807) is 43.5 Å². The van der Waals surface area contributed by atoms with Gasteiger partial charge in [-0.1, -0.05) is 0 Å². The molecule has 0 bridgehead atoms. The molecule has 0 aromatic heterocycles. The smallest absolute Gasteiger partial charge is 0.411 e. The van der Waals surface area contributed by atoms with Crippen LogP contribution in [0.4, 0.5) is 16.2 Å². The summed E-state index contributed by atoms with van der Waals surface area (Å²) in [5.74, 6) is -0.213. The monoisotopic (exact) mass is 282 g/mol. The van der Waals surface area contributed by atoms with E-state index in [9.17, 15) is 14.9 Å². The van der Waals surface area contributed by atoms with Crippen molar-refractivity contribution in [3.05, 3.63) is 34.4 Å². The number of hydrazine groups is 1. The molecule has 0 fully saturated rings. The average Bonchev–Trinajstić information content (AvgIpc) is 2.29. The zero-order valence-corrected chi connectivity index (χ0v) is 11.0. The van der Waals surface area contributed by atoms with Crippen molar-refractivity contribution in [3.8, 4) is 0 Å². The first kappa shape index (κ1) is 15.2. The van der Waals surface area contributed by atoms with E-state index in [2.05, 4.69) is 10.3 Å². The quantitative estimate of drug-likeness (QED) is 0.253. The second kappa shape index (κ2) is 6.92. The molecule has 0 saturated heterocycles. The topological polar surface area (TPSA) is 133 Å². The summed E-state index contributed by atoms with van der Waals surface area (Å²) in [7, 11) is 0. The van der Waals surface area contributed by atoms with Crippen LogP contribution in [0.2, 0.25) is 0 Å². The summed E-state index contributed by atoms with van der Waals surface area (Å²) in [6, 6.07) is 6.39. The van der Waals surface area contributed by atoms with E-state index in [0.717, 1.165) is 0 Å². The molecule has 20 heavy (non-hydrogen) atoms. The maximum Gasteiger partial charge on any atom is 0.411 e. The van der Waals surface area contributed by atoms with Crippen LogP contribution in [0.15, 0.2) is 24.3 Å². The van der Waals surface area contributed by atoms with Crippen molar-refractivity contribution < 1.29 is 19.6 Å². The lowest BCUT2D eigenvalue weighted by atomic mass is 10.3. The van der Waals surface area contributed by atoms with Crippen LogP contribution in [0.3, 0.4) is 0 Å². The van der Waals surface area contributed by atoms with Crippen molar-refractivity contribution in [1.29, 1.82) is 0 Å². The zero-order valence-electron chi connectivity index (χ0n) is 11.0. The number of nitrogens with one attached hydrogen (secondary N) is 3. The number of hydrogen-bond acceptors (Lipinski definition) is 4.